The highest BCUT2D eigenvalue weighted by molar-refractivity contribution is 5.80. The summed E-state index contributed by atoms with van der Waals surface area (Å²) < 4.78 is 7.70. The van der Waals surface area contributed by atoms with Gasteiger partial charge in [-0.25, -0.2) is 9.67 Å². The lowest BCUT2D eigenvalue weighted by Gasteiger charge is -2.23. The van der Waals surface area contributed by atoms with Gasteiger partial charge >= 0.3 is 0 Å². The van der Waals surface area contributed by atoms with Crippen LogP contribution in [-0.4, -0.2) is 33.3 Å². The van der Waals surface area contributed by atoms with Crippen molar-refractivity contribution in [2.75, 3.05) is 6.54 Å². The molecule has 0 saturated heterocycles. The van der Waals surface area contributed by atoms with E-state index in [1.807, 2.05) is 41.9 Å². The second-order valence-corrected chi connectivity index (χ2v) is 6.45. The van der Waals surface area contributed by atoms with Gasteiger partial charge in [0.25, 0.3) is 0 Å². The van der Waals surface area contributed by atoms with E-state index in [1.165, 1.54) is 0 Å². The van der Waals surface area contributed by atoms with Gasteiger partial charge in [-0.05, 0) is 25.5 Å². The third kappa shape index (κ3) is 3.41. The number of fused-ring (bicyclic) bond motifs is 2. The summed E-state index contributed by atoms with van der Waals surface area (Å²) in [7, 11) is 0. The summed E-state index contributed by atoms with van der Waals surface area (Å²) >= 11 is 0. The molecule has 0 aliphatic carbocycles. The second-order valence-electron chi connectivity index (χ2n) is 6.45. The van der Waals surface area contributed by atoms with Crippen molar-refractivity contribution in [1.29, 1.82) is 0 Å². The molecule has 1 amide bonds. The zero-order chi connectivity index (χ0) is 17.2. The number of aryl methyl sites for hydroxylation is 1. The van der Waals surface area contributed by atoms with E-state index in [4.69, 9.17) is 4.42 Å². The number of nitrogens with zero attached hydrogens (tertiary/aromatic N) is 3. The summed E-state index contributed by atoms with van der Waals surface area (Å²) in [5.74, 6) is 1.73. The van der Waals surface area contributed by atoms with E-state index in [0.717, 1.165) is 41.9 Å². The van der Waals surface area contributed by atoms with Crippen LogP contribution in [0.4, 0.5) is 0 Å². The van der Waals surface area contributed by atoms with Crippen LogP contribution in [0.25, 0.3) is 11.0 Å². The van der Waals surface area contributed by atoms with Gasteiger partial charge in [-0.1, -0.05) is 18.2 Å². The summed E-state index contributed by atoms with van der Waals surface area (Å²) in [6, 6.07) is 9.88. The van der Waals surface area contributed by atoms with E-state index in [0.29, 0.717) is 0 Å². The molecule has 2 aromatic heterocycles. The topological polar surface area (TPSA) is 85.0 Å². The van der Waals surface area contributed by atoms with Gasteiger partial charge in [0.1, 0.15) is 23.5 Å². The number of furan rings is 1. The van der Waals surface area contributed by atoms with Crippen molar-refractivity contribution in [1.82, 2.24) is 25.4 Å². The lowest BCUT2D eigenvalue weighted by Crippen LogP contribution is -2.43. The number of amides is 1. The Labute approximate surface area is 145 Å². The molecule has 0 bridgehead atoms. The van der Waals surface area contributed by atoms with Crippen molar-refractivity contribution >= 4 is 16.9 Å². The molecule has 0 spiro atoms. The smallest absolute Gasteiger partial charge is 0.234 e. The third-order valence-corrected chi connectivity index (χ3v) is 4.61. The predicted molar refractivity (Wildman–Crippen MR) is 92.9 cm³/mol. The van der Waals surface area contributed by atoms with Crippen LogP contribution < -0.4 is 10.6 Å². The molecule has 0 unspecified atom stereocenters. The third-order valence-electron chi connectivity index (χ3n) is 4.61. The second kappa shape index (κ2) is 6.68. The highest BCUT2D eigenvalue weighted by Crippen LogP contribution is 2.23. The van der Waals surface area contributed by atoms with Gasteiger partial charge in [-0.3, -0.25) is 4.79 Å². The maximum atomic E-state index is 12.2. The molecule has 0 radical (unpaired) electrons. The molecule has 4 rings (SSSR count). The standard InChI is InChI=1S/C18H21N5O2/c1-12(16-8-13-4-2-3-5-15(13)25-16)22-18(24)9-19-14-6-7-17-20-11-21-23(17)10-14/h2-5,8,11-12,14,19H,6-7,9-10H2,1H3,(H,22,24)/t12-,14+/m1/s1. The van der Waals surface area contributed by atoms with Gasteiger partial charge in [-0.2, -0.15) is 5.10 Å². The minimum absolute atomic E-state index is 0.0441. The van der Waals surface area contributed by atoms with Gasteiger partial charge in [0.2, 0.25) is 5.91 Å². The maximum absolute atomic E-state index is 12.2. The number of benzene rings is 1. The SMILES string of the molecule is C[C@@H](NC(=O)CN[C@H]1CCc2ncnn2C1)c1cc2ccccc2o1. The number of nitrogens with one attached hydrogen (secondary N) is 2. The molecule has 0 fully saturated rings. The largest absolute Gasteiger partial charge is 0.459 e. The van der Waals surface area contributed by atoms with E-state index < -0.39 is 0 Å². The van der Waals surface area contributed by atoms with Gasteiger partial charge < -0.3 is 15.1 Å². The summed E-state index contributed by atoms with van der Waals surface area (Å²) in [6.45, 7) is 2.96. The maximum Gasteiger partial charge on any atom is 0.234 e. The van der Waals surface area contributed by atoms with Crippen molar-refractivity contribution in [3.05, 3.63) is 48.2 Å². The monoisotopic (exact) mass is 339 g/mol. The van der Waals surface area contributed by atoms with Crippen molar-refractivity contribution in [3.8, 4) is 0 Å². The van der Waals surface area contributed by atoms with Crippen LogP contribution in [0, 0.1) is 0 Å². The molecule has 0 saturated carbocycles. The van der Waals surface area contributed by atoms with Crippen LogP contribution in [0.2, 0.25) is 0 Å². The number of para-hydroxylation sites is 1. The molecular formula is C18H21N5O2. The van der Waals surface area contributed by atoms with E-state index >= 15 is 0 Å². The Bertz CT molecular complexity index is 851. The number of carbonyl (C=O) groups excluding carboxylic acids is 1. The average molecular weight is 339 g/mol. The Morgan fingerprint density at radius 1 is 1.44 bits per heavy atom. The normalized spacial score (nSPS) is 18.0. The van der Waals surface area contributed by atoms with E-state index in [2.05, 4.69) is 20.7 Å². The quantitative estimate of drug-likeness (QED) is 0.740. The van der Waals surface area contributed by atoms with Crippen LogP contribution in [0.15, 0.2) is 41.1 Å². The fourth-order valence-corrected chi connectivity index (χ4v) is 3.22. The highest BCUT2D eigenvalue weighted by atomic mass is 16.3. The molecule has 25 heavy (non-hydrogen) atoms. The van der Waals surface area contributed by atoms with Crippen LogP contribution in [0.5, 0.6) is 0 Å². The molecule has 1 aliphatic heterocycles. The lowest BCUT2D eigenvalue weighted by molar-refractivity contribution is -0.121. The zero-order valence-electron chi connectivity index (χ0n) is 14.1. The van der Waals surface area contributed by atoms with Crippen molar-refractivity contribution in [2.45, 2.75) is 38.4 Å². The molecule has 1 aromatic carbocycles. The minimum Gasteiger partial charge on any atom is -0.459 e. The van der Waals surface area contributed by atoms with E-state index in [-0.39, 0.29) is 24.5 Å². The van der Waals surface area contributed by atoms with Gasteiger partial charge in [0, 0.05) is 17.8 Å². The van der Waals surface area contributed by atoms with Crippen LogP contribution in [0.1, 0.15) is 31.0 Å². The zero-order valence-corrected chi connectivity index (χ0v) is 14.1. The molecular weight excluding hydrogens is 318 g/mol. The fraction of sp³-hybridized carbons (Fsp3) is 0.389. The van der Waals surface area contributed by atoms with Gasteiger partial charge in [0.15, 0.2) is 0 Å². The molecule has 3 heterocycles. The first-order chi connectivity index (χ1) is 12.2. The Morgan fingerprint density at radius 2 is 2.32 bits per heavy atom. The molecule has 2 N–H and O–H groups in total. The minimum atomic E-state index is -0.171. The number of hydrogen-bond acceptors (Lipinski definition) is 5. The summed E-state index contributed by atoms with van der Waals surface area (Å²) in [6.07, 6.45) is 3.43. The summed E-state index contributed by atoms with van der Waals surface area (Å²) in [4.78, 5) is 16.4. The summed E-state index contributed by atoms with van der Waals surface area (Å²) in [5.41, 5.74) is 0.836. The first-order valence-electron chi connectivity index (χ1n) is 8.57. The van der Waals surface area contributed by atoms with Crippen LogP contribution in [0.3, 0.4) is 0 Å². The Morgan fingerprint density at radius 3 is 3.20 bits per heavy atom. The molecule has 7 heteroatoms. The van der Waals surface area contributed by atoms with E-state index in [1.54, 1.807) is 6.33 Å². The Kier molecular flexibility index (Phi) is 4.23. The predicted octanol–water partition coefficient (Wildman–Crippen LogP) is 1.81. The van der Waals surface area contributed by atoms with Crippen molar-refractivity contribution < 1.29 is 9.21 Å². The molecule has 7 nitrogen and oxygen atoms in total. The first kappa shape index (κ1) is 15.8. The lowest BCUT2D eigenvalue weighted by atomic mass is 10.1. The van der Waals surface area contributed by atoms with Crippen molar-refractivity contribution in [3.63, 3.8) is 0 Å². The van der Waals surface area contributed by atoms with Crippen molar-refractivity contribution in [2.24, 2.45) is 0 Å². The van der Waals surface area contributed by atoms with E-state index in [9.17, 15) is 4.79 Å². The number of rotatable bonds is 5. The Hall–Kier alpha value is -2.67. The molecule has 1 aliphatic rings. The van der Waals surface area contributed by atoms with Crippen LogP contribution in [-0.2, 0) is 17.8 Å². The highest BCUT2D eigenvalue weighted by Gasteiger charge is 2.20. The summed E-state index contributed by atoms with van der Waals surface area (Å²) in [5, 5.41) is 11.5. The number of carbonyl (C=O) groups is 1. The fourth-order valence-electron chi connectivity index (χ4n) is 3.22. The van der Waals surface area contributed by atoms with Gasteiger partial charge in [0.05, 0.1) is 19.1 Å². The van der Waals surface area contributed by atoms with Gasteiger partial charge in [-0.15, -0.1) is 0 Å². The molecule has 130 valence electrons. The average Bonchev–Trinajstić information content (AvgIpc) is 3.25. The van der Waals surface area contributed by atoms with Crippen LogP contribution >= 0.6 is 0 Å². The Balaban J connectivity index is 1.30. The number of hydrogen-bond donors (Lipinski definition) is 2. The molecule has 3 aromatic rings. The molecule has 2 atom stereocenters. The first-order valence-corrected chi connectivity index (χ1v) is 8.57. The number of aromatic nitrogens is 3.